The second-order valence-corrected chi connectivity index (χ2v) is 4.81. The van der Waals surface area contributed by atoms with Gasteiger partial charge in [-0.15, -0.1) is 0 Å². The van der Waals surface area contributed by atoms with E-state index >= 15 is 0 Å². The van der Waals surface area contributed by atoms with Crippen LogP contribution < -0.4 is 16.4 Å². The summed E-state index contributed by atoms with van der Waals surface area (Å²) in [7, 11) is 1.76. The molecule has 2 aliphatic heterocycles. The van der Waals surface area contributed by atoms with Gasteiger partial charge in [-0.25, -0.2) is 0 Å². The summed E-state index contributed by atoms with van der Waals surface area (Å²) in [4.78, 5) is 11.2. The Balaban J connectivity index is 1.88. The highest BCUT2D eigenvalue weighted by Crippen LogP contribution is 2.57. The molecule has 0 unspecified atom stereocenters. The van der Waals surface area contributed by atoms with E-state index in [0.717, 1.165) is 0 Å². The molecule has 2 heterocycles. The molecule has 0 radical (unpaired) electrons. The van der Waals surface area contributed by atoms with Gasteiger partial charge in [-0.1, -0.05) is 0 Å². The monoisotopic (exact) mass is 229 g/mol. The summed E-state index contributed by atoms with van der Waals surface area (Å²) >= 11 is 4.97. The molecule has 4 N–H and O–H groups in total. The number of fused-ring (bicyclic) bond motifs is 1. The van der Waals surface area contributed by atoms with Crippen LogP contribution in [0.3, 0.4) is 0 Å². The SMILES string of the molecule is CNC(=S)NCC12CC(C(N)=O)(CO1)C2. The highest BCUT2D eigenvalue weighted by atomic mass is 32.1. The average Bonchev–Trinajstić information content (AvgIpc) is 2.69. The number of amides is 1. The minimum atomic E-state index is -0.400. The fourth-order valence-electron chi connectivity index (χ4n) is 2.43. The zero-order valence-electron chi connectivity index (χ0n) is 8.63. The number of nitrogens with one attached hydrogen (secondary N) is 2. The fraction of sp³-hybridized carbons (Fsp3) is 0.778. The standard InChI is InChI=1S/C9H15N3O2S/c1-11-7(15)12-4-9-2-8(3-9,5-14-9)6(10)13/h2-5H2,1H3,(H2,10,13)(H2,11,12,15). The number of rotatable bonds is 3. The first kappa shape index (κ1) is 10.6. The molecule has 2 saturated heterocycles. The highest BCUT2D eigenvalue weighted by molar-refractivity contribution is 7.80. The summed E-state index contributed by atoms with van der Waals surface area (Å²) in [5.74, 6) is -0.244. The molecule has 3 fully saturated rings. The topological polar surface area (TPSA) is 76.4 Å². The van der Waals surface area contributed by atoms with E-state index in [1.807, 2.05) is 0 Å². The molecule has 0 spiro atoms. The number of carbonyl (C=O) groups excluding carboxylic acids is 1. The Hall–Kier alpha value is -0.880. The van der Waals surface area contributed by atoms with Crippen molar-refractivity contribution in [1.29, 1.82) is 0 Å². The summed E-state index contributed by atoms with van der Waals surface area (Å²) in [5, 5.41) is 6.47. The molecule has 3 rings (SSSR count). The van der Waals surface area contributed by atoms with Gasteiger partial charge in [-0.2, -0.15) is 0 Å². The van der Waals surface area contributed by atoms with Crippen LogP contribution in [0.25, 0.3) is 0 Å². The molecule has 2 bridgehead atoms. The van der Waals surface area contributed by atoms with Gasteiger partial charge in [-0.3, -0.25) is 4.79 Å². The van der Waals surface area contributed by atoms with Crippen LogP contribution >= 0.6 is 12.2 Å². The second kappa shape index (κ2) is 3.31. The molecule has 84 valence electrons. The first-order chi connectivity index (χ1) is 7.02. The van der Waals surface area contributed by atoms with Gasteiger partial charge in [0.05, 0.1) is 17.6 Å². The van der Waals surface area contributed by atoms with Crippen LogP contribution in [0, 0.1) is 5.41 Å². The zero-order valence-corrected chi connectivity index (χ0v) is 9.45. The molecule has 0 aromatic carbocycles. The third kappa shape index (κ3) is 1.57. The molecule has 6 heteroatoms. The molecular weight excluding hydrogens is 214 g/mol. The van der Waals surface area contributed by atoms with Crippen LogP contribution in [0.5, 0.6) is 0 Å². The molecule has 1 aliphatic carbocycles. The van der Waals surface area contributed by atoms with Crippen molar-refractivity contribution in [1.82, 2.24) is 10.6 Å². The molecular formula is C9H15N3O2S. The van der Waals surface area contributed by atoms with Gasteiger partial charge in [0.2, 0.25) is 5.91 Å². The summed E-state index contributed by atoms with van der Waals surface area (Å²) < 4.78 is 5.62. The largest absolute Gasteiger partial charge is 0.372 e. The van der Waals surface area contributed by atoms with Crippen LogP contribution in [0.4, 0.5) is 0 Å². The van der Waals surface area contributed by atoms with Crippen molar-refractivity contribution in [3.63, 3.8) is 0 Å². The molecule has 5 nitrogen and oxygen atoms in total. The maximum absolute atomic E-state index is 11.2. The third-order valence-electron chi connectivity index (χ3n) is 3.30. The molecule has 1 amide bonds. The first-order valence-electron chi connectivity index (χ1n) is 4.91. The fourth-order valence-corrected chi connectivity index (χ4v) is 2.50. The third-order valence-corrected chi connectivity index (χ3v) is 3.65. The van der Waals surface area contributed by atoms with Crippen molar-refractivity contribution >= 4 is 23.2 Å². The summed E-state index contributed by atoms with van der Waals surface area (Å²) in [6, 6.07) is 0. The first-order valence-corrected chi connectivity index (χ1v) is 5.32. The normalized spacial score (nSPS) is 36.9. The maximum Gasteiger partial charge on any atom is 0.226 e. The van der Waals surface area contributed by atoms with Gasteiger partial charge >= 0.3 is 0 Å². The Kier molecular flexibility index (Phi) is 2.35. The van der Waals surface area contributed by atoms with Gasteiger partial charge in [0.1, 0.15) is 0 Å². The van der Waals surface area contributed by atoms with Crippen LogP contribution in [-0.2, 0) is 9.53 Å². The number of hydrogen-bond donors (Lipinski definition) is 3. The van der Waals surface area contributed by atoms with E-state index in [4.69, 9.17) is 22.7 Å². The quantitative estimate of drug-likeness (QED) is 0.548. The van der Waals surface area contributed by atoms with Crippen molar-refractivity contribution < 1.29 is 9.53 Å². The van der Waals surface area contributed by atoms with E-state index < -0.39 is 5.41 Å². The summed E-state index contributed by atoms with van der Waals surface area (Å²) in [5.41, 5.74) is 4.71. The Bertz CT molecular complexity index is 312. The minimum absolute atomic E-state index is 0.226. The molecule has 0 aromatic rings. The Morgan fingerprint density at radius 1 is 1.60 bits per heavy atom. The smallest absolute Gasteiger partial charge is 0.226 e. The van der Waals surface area contributed by atoms with Crippen molar-refractivity contribution in [2.75, 3.05) is 20.2 Å². The molecule has 0 aromatic heterocycles. The lowest BCUT2D eigenvalue weighted by atomic mass is 9.62. The Morgan fingerprint density at radius 2 is 2.27 bits per heavy atom. The van der Waals surface area contributed by atoms with Crippen LogP contribution in [-0.4, -0.2) is 36.8 Å². The number of carbonyl (C=O) groups is 1. The van der Waals surface area contributed by atoms with Crippen molar-refractivity contribution in [3.8, 4) is 0 Å². The van der Waals surface area contributed by atoms with E-state index in [0.29, 0.717) is 31.1 Å². The highest BCUT2D eigenvalue weighted by Gasteiger charge is 2.65. The molecule has 1 saturated carbocycles. The lowest BCUT2D eigenvalue weighted by Gasteiger charge is -2.42. The lowest BCUT2D eigenvalue weighted by Crippen LogP contribution is -2.56. The molecule has 15 heavy (non-hydrogen) atoms. The van der Waals surface area contributed by atoms with E-state index in [1.165, 1.54) is 0 Å². The Morgan fingerprint density at radius 3 is 2.73 bits per heavy atom. The van der Waals surface area contributed by atoms with E-state index in [-0.39, 0.29) is 11.5 Å². The van der Waals surface area contributed by atoms with Gasteiger partial charge in [-0.05, 0) is 25.1 Å². The minimum Gasteiger partial charge on any atom is -0.372 e. The van der Waals surface area contributed by atoms with E-state index in [1.54, 1.807) is 7.05 Å². The van der Waals surface area contributed by atoms with Crippen molar-refractivity contribution in [2.24, 2.45) is 11.1 Å². The van der Waals surface area contributed by atoms with Gasteiger partial charge in [0.25, 0.3) is 0 Å². The van der Waals surface area contributed by atoms with E-state index in [9.17, 15) is 4.79 Å². The molecule has 0 atom stereocenters. The number of thiocarbonyl (C=S) groups is 1. The van der Waals surface area contributed by atoms with Gasteiger partial charge in [0.15, 0.2) is 5.11 Å². The van der Waals surface area contributed by atoms with Gasteiger partial charge in [0, 0.05) is 13.6 Å². The number of hydrogen-bond acceptors (Lipinski definition) is 3. The van der Waals surface area contributed by atoms with Crippen LogP contribution in [0.1, 0.15) is 12.8 Å². The van der Waals surface area contributed by atoms with Crippen LogP contribution in [0.2, 0.25) is 0 Å². The maximum atomic E-state index is 11.2. The summed E-state index contributed by atoms with van der Waals surface area (Å²) in [6.07, 6.45) is 1.43. The average molecular weight is 229 g/mol. The summed E-state index contributed by atoms with van der Waals surface area (Å²) in [6.45, 7) is 1.10. The zero-order chi connectivity index (χ0) is 11.1. The van der Waals surface area contributed by atoms with Crippen molar-refractivity contribution in [2.45, 2.75) is 18.4 Å². The Labute approximate surface area is 93.7 Å². The lowest BCUT2D eigenvalue weighted by molar-refractivity contribution is -0.132. The van der Waals surface area contributed by atoms with E-state index in [2.05, 4.69) is 10.6 Å². The van der Waals surface area contributed by atoms with Crippen LogP contribution in [0.15, 0.2) is 0 Å². The number of ether oxygens (including phenoxy) is 1. The second-order valence-electron chi connectivity index (χ2n) is 4.40. The predicted octanol–water partition coefficient (Wildman–Crippen LogP) is -0.885. The number of primary amides is 1. The predicted molar refractivity (Wildman–Crippen MR) is 59.2 cm³/mol. The number of nitrogens with two attached hydrogens (primary N) is 1. The molecule has 3 aliphatic rings. The van der Waals surface area contributed by atoms with Crippen molar-refractivity contribution in [3.05, 3.63) is 0 Å². The van der Waals surface area contributed by atoms with Gasteiger partial charge < -0.3 is 21.1 Å².